The highest BCUT2D eigenvalue weighted by Gasteiger charge is 2.09. The van der Waals surface area contributed by atoms with Gasteiger partial charge in [-0.2, -0.15) is 0 Å². The van der Waals surface area contributed by atoms with Gasteiger partial charge in [-0.25, -0.2) is 4.79 Å². The first-order valence-electron chi connectivity index (χ1n) is 6.59. The first-order chi connectivity index (χ1) is 9.56. The molecule has 0 bridgehead atoms. The summed E-state index contributed by atoms with van der Waals surface area (Å²) in [5.41, 5.74) is 4.69. The second-order valence-electron chi connectivity index (χ2n) is 5.09. The summed E-state index contributed by atoms with van der Waals surface area (Å²) in [6.45, 7) is 5.92. The summed E-state index contributed by atoms with van der Waals surface area (Å²) in [5, 5.41) is 9.18. The van der Waals surface area contributed by atoms with E-state index in [1.54, 1.807) is 12.1 Å². The van der Waals surface area contributed by atoms with E-state index in [1.807, 2.05) is 19.1 Å². The Balaban J connectivity index is 2.18. The van der Waals surface area contributed by atoms with Crippen LogP contribution in [-0.4, -0.2) is 11.1 Å². The first kappa shape index (κ1) is 14.1. The lowest BCUT2D eigenvalue weighted by Crippen LogP contribution is -2.02. The summed E-state index contributed by atoms with van der Waals surface area (Å²) < 4.78 is 0. The second kappa shape index (κ2) is 6.20. The van der Waals surface area contributed by atoms with Gasteiger partial charge < -0.3 is 5.11 Å². The molecular formula is C18H18O2. The van der Waals surface area contributed by atoms with Crippen LogP contribution in [0.15, 0.2) is 60.7 Å². The summed E-state index contributed by atoms with van der Waals surface area (Å²) >= 11 is 0. The van der Waals surface area contributed by atoms with Crippen molar-refractivity contribution in [3.63, 3.8) is 0 Å². The number of carboxylic acids is 1. The van der Waals surface area contributed by atoms with Crippen molar-refractivity contribution < 1.29 is 9.90 Å². The molecule has 1 N–H and O–H groups in total. The van der Waals surface area contributed by atoms with Gasteiger partial charge in [0.05, 0.1) is 5.56 Å². The SMILES string of the molecule is C=C(C)Cc1ccc(Cc2ccccc2C(=O)O)cc1. The highest BCUT2D eigenvalue weighted by atomic mass is 16.4. The van der Waals surface area contributed by atoms with E-state index in [2.05, 4.69) is 30.8 Å². The Hall–Kier alpha value is -2.35. The number of hydrogen-bond donors (Lipinski definition) is 1. The maximum Gasteiger partial charge on any atom is 0.335 e. The molecule has 0 aliphatic rings. The minimum absolute atomic E-state index is 0.374. The van der Waals surface area contributed by atoms with Crippen LogP contribution in [-0.2, 0) is 12.8 Å². The highest BCUT2D eigenvalue weighted by Crippen LogP contribution is 2.16. The first-order valence-corrected chi connectivity index (χ1v) is 6.59. The quantitative estimate of drug-likeness (QED) is 0.827. The van der Waals surface area contributed by atoms with Crippen molar-refractivity contribution in [2.24, 2.45) is 0 Å². The van der Waals surface area contributed by atoms with Crippen LogP contribution in [0.2, 0.25) is 0 Å². The van der Waals surface area contributed by atoms with Crippen LogP contribution in [0.25, 0.3) is 0 Å². The molecule has 0 fully saturated rings. The molecule has 102 valence electrons. The van der Waals surface area contributed by atoms with Crippen LogP contribution in [0, 0.1) is 0 Å². The molecule has 2 aromatic carbocycles. The van der Waals surface area contributed by atoms with Crippen molar-refractivity contribution in [2.75, 3.05) is 0 Å². The second-order valence-corrected chi connectivity index (χ2v) is 5.09. The van der Waals surface area contributed by atoms with E-state index in [-0.39, 0.29) is 0 Å². The van der Waals surface area contributed by atoms with Crippen LogP contribution >= 0.6 is 0 Å². The van der Waals surface area contributed by atoms with Gasteiger partial charge in [0.1, 0.15) is 0 Å². The van der Waals surface area contributed by atoms with E-state index in [1.165, 1.54) is 5.56 Å². The molecule has 2 nitrogen and oxygen atoms in total. The molecule has 0 unspecified atom stereocenters. The van der Waals surface area contributed by atoms with Crippen molar-refractivity contribution >= 4 is 5.97 Å². The molecular weight excluding hydrogens is 248 g/mol. The lowest BCUT2D eigenvalue weighted by atomic mass is 9.98. The molecule has 0 radical (unpaired) electrons. The van der Waals surface area contributed by atoms with Crippen LogP contribution in [0.1, 0.15) is 34.0 Å². The van der Waals surface area contributed by atoms with Gasteiger partial charge in [0.25, 0.3) is 0 Å². The number of hydrogen-bond acceptors (Lipinski definition) is 1. The molecule has 0 aliphatic heterocycles. The van der Waals surface area contributed by atoms with Gasteiger partial charge in [-0.05, 0) is 42.5 Å². The van der Waals surface area contributed by atoms with Gasteiger partial charge in [-0.1, -0.05) is 54.6 Å². The van der Waals surface area contributed by atoms with Gasteiger partial charge in [-0.3, -0.25) is 0 Å². The Bertz CT molecular complexity index is 624. The molecule has 20 heavy (non-hydrogen) atoms. The third kappa shape index (κ3) is 3.58. The standard InChI is InChI=1S/C18H18O2/c1-13(2)11-14-7-9-15(10-8-14)12-16-5-3-4-6-17(16)18(19)20/h3-10H,1,11-12H2,2H3,(H,19,20). The fourth-order valence-corrected chi connectivity index (χ4v) is 2.23. The van der Waals surface area contributed by atoms with Crippen molar-refractivity contribution in [1.29, 1.82) is 0 Å². The van der Waals surface area contributed by atoms with Gasteiger partial charge in [0, 0.05) is 0 Å². The fraction of sp³-hybridized carbons (Fsp3) is 0.167. The Labute approximate surface area is 119 Å². The van der Waals surface area contributed by atoms with E-state index in [0.717, 1.165) is 23.1 Å². The molecule has 0 atom stereocenters. The molecule has 0 aliphatic carbocycles. The van der Waals surface area contributed by atoms with Crippen molar-refractivity contribution in [3.8, 4) is 0 Å². The number of rotatable bonds is 5. The summed E-state index contributed by atoms with van der Waals surface area (Å²) in [5.74, 6) is -0.875. The minimum Gasteiger partial charge on any atom is -0.478 e. The zero-order valence-corrected chi connectivity index (χ0v) is 11.6. The van der Waals surface area contributed by atoms with Gasteiger partial charge >= 0.3 is 5.97 Å². The number of allylic oxidation sites excluding steroid dienone is 1. The van der Waals surface area contributed by atoms with E-state index < -0.39 is 5.97 Å². The minimum atomic E-state index is -0.875. The maximum absolute atomic E-state index is 11.2. The smallest absolute Gasteiger partial charge is 0.335 e. The van der Waals surface area contributed by atoms with E-state index >= 15 is 0 Å². The molecule has 0 saturated heterocycles. The molecule has 0 spiro atoms. The summed E-state index contributed by atoms with van der Waals surface area (Å²) in [4.78, 5) is 11.2. The third-order valence-corrected chi connectivity index (χ3v) is 3.17. The van der Waals surface area contributed by atoms with Gasteiger partial charge in [-0.15, -0.1) is 0 Å². The number of carboxylic acid groups (broad SMARTS) is 1. The lowest BCUT2D eigenvalue weighted by molar-refractivity contribution is 0.0696. The van der Waals surface area contributed by atoms with Crippen LogP contribution in [0.4, 0.5) is 0 Å². The Morgan fingerprint density at radius 3 is 2.25 bits per heavy atom. The lowest BCUT2D eigenvalue weighted by Gasteiger charge is -2.07. The number of benzene rings is 2. The summed E-state index contributed by atoms with van der Waals surface area (Å²) in [6, 6.07) is 15.4. The van der Waals surface area contributed by atoms with Crippen molar-refractivity contribution in [2.45, 2.75) is 19.8 Å². The molecule has 2 heteroatoms. The predicted molar refractivity (Wildman–Crippen MR) is 81.2 cm³/mol. The Morgan fingerprint density at radius 2 is 1.65 bits per heavy atom. The highest BCUT2D eigenvalue weighted by molar-refractivity contribution is 5.89. The average Bonchev–Trinajstić information content (AvgIpc) is 2.41. The molecule has 2 rings (SSSR count). The van der Waals surface area contributed by atoms with Gasteiger partial charge in [0.15, 0.2) is 0 Å². The Morgan fingerprint density at radius 1 is 1.05 bits per heavy atom. The molecule has 0 aromatic heterocycles. The van der Waals surface area contributed by atoms with Crippen molar-refractivity contribution in [3.05, 3.63) is 82.9 Å². The van der Waals surface area contributed by atoms with Crippen LogP contribution in [0.5, 0.6) is 0 Å². The summed E-state index contributed by atoms with van der Waals surface area (Å²) in [7, 11) is 0. The van der Waals surface area contributed by atoms with Crippen LogP contribution in [0.3, 0.4) is 0 Å². The normalized spacial score (nSPS) is 10.2. The fourth-order valence-electron chi connectivity index (χ4n) is 2.23. The average molecular weight is 266 g/mol. The topological polar surface area (TPSA) is 37.3 Å². The third-order valence-electron chi connectivity index (χ3n) is 3.17. The van der Waals surface area contributed by atoms with E-state index in [9.17, 15) is 9.90 Å². The zero-order chi connectivity index (χ0) is 14.5. The maximum atomic E-state index is 11.2. The van der Waals surface area contributed by atoms with Crippen LogP contribution < -0.4 is 0 Å². The zero-order valence-electron chi connectivity index (χ0n) is 11.6. The molecule has 0 saturated carbocycles. The number of carbonyl (C=O) groups is 1. The predicted octanol–water partition coefficient (Wildman–Crippen LogP) is 4.09. The van der Waals surface area contributed by atoms with Crippen molar-refractivity contribution in [1.82, 2.24) is 0 Å². The van der Waals surface area contributed by atoms with Gasteiger partial charge in [0.2, 0.25) is 0 Å². The number of aromatic carboxylic acids is 1. The van der Waals surface area contributed by atoms with E-state index in [4.69, 9.17) is 0 Å². The largest absolute Gasteiger partial charge is 0.478 e. The molecule has 0 heterocycles. The molecule has 2 aromatic rings. The molecule has 0 amide bonds. The summed E-state index contributed by atoms with van der Waals surface area (Å²) in [6.07, 6.45) is 1.52. The Kier molecular flexibility index (Phi) is 4.36. The van der Waals surface area contributed by atoms with E-state index in [0.29, 0.717) is 12.0 Å². The monoisotopic (exact) mass is 266 g/mol.